The summed E-state index contributed by atoms with van der Waals surface area (Å²) >= 11 is 0. The summed E-state index contributed by atoms with van der Waals surface area (Å²) in [6.07, 6.45) is 4.34. The molecule has 0 spiro atoms. The summed E-state index contributed by atoms with van der Waals surface area (Å²) < 4.78 is 11.4. The molecule has 1 aliphatic heterocycles. The molecule has 0 N–H and O–H groups in total. The normalized spacial score (nSPS) is 17.4. The predicted octanol–water partition coefficient (Wildman–Crippen LogP) is 3.46. The SMILES string of the molecule is c1ccc(COC2CCN(Cc3ccco3)CC2)cc1. The van der Waals surface area contributed by atoms with E-state index >= 15 is 0 Å². The highest BCUT2D eigenvalue weighted by atomic mass is 16.5. The van der Waals surface area contributed by atoms with Crippen LogP contribution in [0.1, 0.15) is 24.2 Å². The highest BCUT2D eigenvalue weighted by Gasteiger charge is 2.20. The molecule has 3 nitrogen and oxygen atoms in total. The highest BCUT2D eigenvalue weighted by molar-refractivity contribution is 5.13. The number of hydrogen-bond donors (Lipinski definition) is 0. The molecule has 20 heavy (non-hydrogen) atoms. The van der Waals surface area contributed by atoms with Crippen molar-refractivity contribution < 1.29 is 9.15 Å². The molecule has 1 aromatic heterocycles. The molecule has 0 saturated carbocycles. The van der Waals surface area contributed by atoms with Crippen molar-refractivity contribution in [2.24, 2.45) is 0 Å². The molecule has 0 amide bonds. The number of furan rings is 1. The molecule has 106 valence electrons. The van der Waals surface area contributed by atoms with Gasteiger partial charge >= 0.3 is 0 Å². The van der Waals surface area contributed by atoms with Gasteiger partial charge in [0.2, 0.25) is 0 Å². The van der Waals surface area contributed by atoms with Gasteiger partial charge in [-0.15, -0.1) is 0 Å². The molecule has 0 atom stereocenters. The standard InChI is InChI=1S/C17H21NO2/c1-2-5-15(6-3-1)14-20-16-8-10-18(11-9-16)13-17-7-4-12-19-17/h1-7,12,16H,8-11,13-14H2. The third-order valence-electron chi connectivity index (χ3n) is 3.82. The lowest BCUT2D eigenvalue weighted by molar-refractivity contribution is -0.00499. The largest absolute Gasteiger partial charge is 0.468 e. The number of piperidine rings is 1. The van der Waals surface area contributed by atoms with Gasteiger partial charge in [0.15, 0.2) is 0 Å². The van der Waals surface area contributed by atoms with Crippen molar-refractivity contribution in [1.82, 2.24) is 4.90 Å². The van der Waals surface area contributed by atoms with E-state index in [9.17, 15) is 0 Å². The Balaban J connectivity index is 1.40. The van der Waals surface area contributed by atoms with Crippen LogP contribution in [0.5, 0.6) is 0 Å². The lowest BCUT2D eigenvalue weighted by Gasteiger charge is -2.31. The fraction of sp³-hybridized carbons (Fsp3) is 0.412. The number of ether oxygens (including phenoxy) is 1. The summed E-state index contributed by atoms with van der Waals surface area (Å²) in [5, 5.41) is 0. The summed E-state index contributed by atoms with van der Waals surface area (Å²) in [7, 11) is 0. The molecule has 3 heteroatoms. The van der Waals surface area contributed by atoms with Crippen molar-refractivity contribution >= 4 is 0 Å². The zero-order valence-corrected chi connectivity index (χ0v) is 11.7. The van der Waals surface area contributed by atoms with Gasteiger partial charge in [0.1, 0.15) is 5.76 Å². The van der Waals surface area contributed by atoms with Crippen LogP contribution in [0.4, 0.5) is 0 Å². The van der Waals surface area contributed by atoms with Crippen LogP contribution in [-0.2, 0) is 17.9 Å². The fourth-order valence-electron chi connectivity index (χ4n) is 2.65. The lowest BCUT2D eigenvalue weighted by Crippen LogP contribution is -2.36. The average Bonchev–Trinajstić information content (AvgIpc) is 3.01. The molecule has 2 heterocycles. The summed E-state index contributed by atoms with van der Waals surface area (Å²) in [5.74, 6) is 1.05. The van der Waals surface area contributed by atoms with Gasteiger partial charge in [0.25, 0.3) is 0 Å². The van der Waals surface area contributed by atoms with Gasteiger partial charge in [-0.25, -0.2) is 0 Å². The smallest absolute Gasteiger partial charge is 0.117 e. The van der Waals surface area contributed by atoms with Crippen molar-refractivity contribution in [2.45, 2.75) is 32.1 Å². The highest BCUT2D eigenvalue weighted by Crippen LogP contribution is 2.17. The molecule has 1 fully saturated rings. The van der Waals surface area contributed by atoms with E-state index < -0.39 is 0 Å². The Labute approximate surface area is 120 Å². The quantitative estimate of drug-likeness (QED) is 0.833. The first kappa shape index (κ1) is 13.4. The topological polar surface area (TPSA) is 25.6 Å². The minimum absolute atomic E-state index is 0.392. The molecular formula is C17H21NO2. The number of rotatable bonds is 5. The van der Waals surface area contributed by atoms with E-state index in [2.05, 4.69) is 29.2 Å². The Bertz CT molecular complexity index is 487. The average molecular weight is 271 g/mol. The maximum Gasteiger partial charge on any atom is 0.117 e. The van der Waals surface area contributed by atoms with Gasteiger partial charge in [-0.1, -0.05) is 30.3 Å². The molecule has 1 aromatic carbocycles. The van der Waals surface area contributed by atoms with Crippen molar-refractivity contribution in [2.75, 3.05) is 13.1 Å². The first-order valence-corrected chi connectivity index (χ1v) is 7.30. The van der Waals surface area contributed by atoms with E-state index in [1.807, 2.05) is 18.2 Å². The van der Waals surface area contributed by atoms with E-state index in [1.54, 1.807) is 6.26 Å². The number of hydrogen-bond acceptors (Lipinski definition) is 3. The first-order valence-electron chi connectivity index (χ1n) is 7.30. The number of likely N-dealkylation sites (tertiary alicyclic amines) is 1. The van der Waals surface area contributed by atoms with Crippen LogP contribution < -0.4 is 0 Å². The first-order chi connectivity index (χ1) is 9.90. The summed E-state index contributed by atoms with van der Waals surface area (Å²) in [6, 6.07) is 14.4. The lowest BCUT2D eigenvalue weighted by atomic mass is 10.1. The van der Waals surface area contributed by atoms with Crippen LogP contribution in [0.25, 0.3) is 0 Å². The van der Waals surface area contributed by atoms with Crippen LogP contribution in [0.3, 0.4) is 0 Å². The van der Waals surface area contributed by atoms with Gasteiger partial charge < -0.3 is 9.15 Å². The van der Waals surface area contributed by atoms with Crippen molar-refractivity contribution in [1.29, 1.82) is 0 Å². The molecule has 1 saturated heterocycles. The third kappa shape index (κ3) is 3.71. The van der Waals surface area contributed by atoms with Gasteiger partial charge in [-0.2, -0.15) is 0 Å². The fourth-order valence-corrected chi connectivity index (χ4v) is 2.65. The summed E-state index contributed by atoms with van der Waals surface area (Å²) in [6.45, 7) is 3.81. The van der Waals surface area contributed by atoms with Gasteiger partial charge in [-0.3, -0.25) is 4.90 Å². The number of nitrogens with zero attached hydrogens (tertiary/aromatic N) is 1. The van der Waals surface area contributed by atoms with E-state index in [1.165, 1.54) is 5.56 Å². The van der Waals surface area contributed by atoms with Gasteiger partial charge in [-0.05, 0) is 30.5 Å². The maximum absolute atomic E-state index is 6.00. The zero-order valence-electron chi connectivity index (χ0n) is 11.7. The molecule has 0 bridgehead atoms. The Kier molecular flexibility index (Phi) is 4.51. The second-order valence-corrected chi connectivity index (χ2v) is 5.35. The van der Waals surface area contributed by atoms with E-state index in [0.29, 0.717) is 6.10 Å². The van der Waals surface area contributed by atoms with E-state index in [4.69, 9.17) is 9.15 Å². The maximum atomic E-state index is 6.00. The monoisotopic (exact) mass is 271 g/mol. The Morgan fingerprint density at radius 3 is 2.55 bits per heavy atom. The Morgan fingerprint density at radius 2 is 1.85 bits per heavy atom. The minimum atomic E-state index is 0.392. The molecule has 0 unspecified atom stereocenters. The molecule has 2 aromatic rings. The van der Waals surface area contributed by atoms with Crippen molar-refractivity contribution in [3.05, 3.63) is 60.1 Å². The Hall–Kier alpha value is -1.58. The van der Waals surface area contributed by atoms with Crippen molar-refractivity contribution in [3.8, 4) is 0 Å². The van der Waals surface area contributed by atoms with Crippen LogP contribution >= 0.6 is 0 Å². The van der Waals surface area contributed by atoms with E-state index in [0.717, 1.165) is 44.8 Å². The van der Waals surface area contributed by atoms with Crippen LogP contribution in [0.2, 0.25) is 0 Å². The summed E-state index contributed by atoms with van der Waals surface area (Å²) in [4.78, 5) is 2.43. The van der Waals surface area contributed by atoms with Crippen LogP contribution in [0.15, 0.2) is 53.1 Å². The zero-order chi connectivity index (χ0) is 13.6. The summed E-state index contributed by atoms with van der Waals surface area (Å²) in [5.41, 5.74) is 1.26. The van der Waals surface area contributed by atoms with E-state index in [-0.39, 0.29) is 0 Å². The molecule has 0 aliphatic carbocycles. The third-order valence-corrected chi connectivity index (χ3v) is 3.82. The second kappa shape index (κ2) is 6.73. The van der Waals surface area contributed by atoms with Crippen LogP contribution in [0, 0.1) is 0 Å². The molecule has 0 radical (unpaired) electrons. The second-order valence-electron chi connectivity index (χ2n) is 5.35. The molecule has 1 aliphatic rings. The van der Waals surface area contributed by atoms with Gasteiger partial charge in [0.05, 0.1) is 25.5 Å². The van der Waals surface area contributed by atoms with Gasteiger partial charge in [0, 0.05) is 13.1 Å². The Morgan fingerprint density at radius 1 is 1.05 bits per heavy atom. The number of benzene rings is 1. The van der Waals surface area contributed by atoms with Crippen molar-refractivity contribution in [3.63, 3.8) is 0 Å². The predicted molar refractivity (Wildman–Crippen MR) is 78.2 cm³/mol. The minimum Gasteiger partial charge on any atom is -0.468 e. The van der Waals surface area contributed by atoms with Crippen LogP contribution in [-0.4, -0.2) is 24.1 Å². The molecular weight excluding hydrogens is 250 g/mol. The molecule has 3 rings (SSSR count).